The molecule has 92 valence electrons. The molecule has 1 aromatic carbocycles. The maximum Gasteiger partial charge on any atom is 0.184 e. The Labute approximate surface area is 100 Å². The smallest absolute Gasteiger partial charge is 0.184 e. The van der Waals surface area contributed by atoms with Crippen LogP contribution in [0.4, 0.5) is 0 Å². The van der Waals surface area contributed by atoms with Crippen molar-refractivity contribution in [3.63, 3.8) is 0 Å². The second-order valence-corrected chi connectivity index (χ2v) is 4.15. The van der Waals surface area contributed by atoms with E-state index < -0.39 is 12.4 Å². The zero-order chi connectivity index (χ0) is 12.3. The molecule has 0 aliphatic carbocycles. The Morgan fingerprint density at radius 3 is 2.65 bits per heavy atom. The zero-order valence-corrected chi connectivity index (χ0v) is 9.96. The number of carbonyl (C=O) groups is 1. The Kier molecular flexibility index (Phi) is 3.76. The maximum atomic E-state index is 10.8. The number of hydrogen-bond acceptors (Lipinski definition) is 4. The molecule has 1 aliphatic heterocycles. The van der Waals surface area contributed by atoms with Crippen LogP contribution in [0.25, 0.3) is 0 Å². The number of rotatable bonds is 3. The van der Waals surface area contributed by atoms with Gasteiger partial charge in [0.05, 0.1) is 13.7 Å². The minimum Gasteiger partial charge on any atom is -0.497 e. The van der Waals surface area contributed by atoms with Gasteiger partial charge >= 0.3 is 0 Å². The van der Waals surface area contributed by atoms with Gasteiger partial charge in [-0.15, -0.1) is 0 Å². The molecule has 1 aromatic rings. The number of benzene rings is 1. The summed E-state index contributed by atoms with van der Waals surface area (Å²) < 4.78 is 16.2. The topological polar surface area (TPSA) is 44.8 Å². The molecule has 2 rings (SSSR count). The second-order valence-electron chi connectivity index (χ2n) is 4.15. The van der Waals surface area contributed by atoms with E-state index in [-0.39, 0.29) is 5.92 Å². The number of carbonyl (C=O) groups excluding carboxylic acids is 1. The Balaban J connectivity index is 2.09. The Morgan fingerprint density at radius 1 is 1.35 bits per heavy atom. The van der Waals surface area contributed by atoms with Crippen molar-refractivity contribution in [2.24, 2.45) is 5.92 Å². The summed E-state index contributed by atoms with van der Waals surface area (Å²) in [6, 6.07) is 7.44. The van der Waals surface area contributed by atoms with E-state index in [1.165, 1.54) is 0 Å². The fourth-order valence-electron chi connectivity index (χ4n) is 1.75. The quantitative estimate of drug-likeness (QED) is 0.752. The van der Waals surface area contributed by atoms with Gasteiger partial charge in [-0.2, -0.15) is 0 Å². The molecule has 0 saturated carbocycles. The molecule has 1 aliphatic rings. The predicted molar refractivity (Wildman–Crippen MR) is 61.8 cm³/mol. The van der Waals surface area contributed by atoms with Gasteiger partial charge in [0.25, 0.3) is 0 Å². The van der Waals surface area contributed by atoms with E-state index in [1.54, 1.807) is 7.11 Å². The Hall–Kier alpha value is -1.39. The first-order chi connectivity index (χ1) is 8.24. The highest BCUT2D eigenvalue weighted by Crippen LogP contribution is 2.29. The number of methoxy groups -OCH3 is 1. The van der Waals surface area contributed by atoms with Crippen molar-refractivity contribution in [1.82, 2.24) is 0 Å². The number of ether oxygens (including phenoxy) is 3. The highest BCUT2D eigenvalue weighted by molar-refractivity contribution is 5.56. The van der Waals surface area contributed by atoms with Gasteiger partial charge in [0, 0.05) is 11.5 Å². The fraction of sp³-hybridized carbons (Fsp3) is 0.462. The second kappa shape index (κ2) is 5.29. The zero-order valence-electron chi connectivity index (χ0n) is 9.96. The molecule has 17 heavy (non-hydrogen) atoms. The van der Waals surface area contributed by atoms with Gasteiger partial charge in [0.2, 0.25) is 0 Å². The lowest BCUT2D eigenvalue weighted by Crippen LogP contribution is -2.35. The van der Waals surface area contributed by atoms with Crippen molar-refractivity contribution in [2.45, 2.75) is 19.3 Å². The molecule has 4 heteroatoms. The van der Waals surface area contributed by atoms with Gasteiger partial charge in [-0.1, -0.05) is 19.1 Å². The molecular weight excluding hydrogens is 220 g/mol. The van der Waals surface area contributed by atoms with Gasteiger partial charge in [0.15, 0.2) is 6.29 Å². The lowest BCUT2D eigenvalue weighted by atomic mass is 10.1. The van der Waals surface area contributed by atoms with Crippen molar-refractivity contribution in [3.8, 4) is 5.75 Å². The molecule has 0 aromatic heterocycles. The monoisotopic (exact) mass is 236 g/mol. The Bertz CT molecular complexity index is 374. The minimum absolute atomic E-state index is 0.0991. The summed E-state index contributed by atoms with van der Waals surface area (Å²) in [5, 5.41) is 0. The fourth-order valence-corrected chi connectivity index (χ4v) is 1.75. The average Bonchev–Trinajstić information content (AvgIpc) is 2.39. The average molecular weight is 236 g/mol. The molecular formula is C13H16O4. The summed E-state index contributed by atoms with van der Waals surface area (Å²) in [5.41, 5.74) is 0.893. The van der Waals surface area contributed by atoms with Crippen molar-refractivity contribution in [3.05, 3.63) is 29.8 Å². The third kappa shape index (κ3) is 2.65. The summed E-state index contributed by atoms with van der Waals surface area (Å²) >= 11 is 0. The van der Waals surface area contributed by atoms with Crippen molar-refractivity contribution >= 4 is 6.29 Å². The van der Waals surface area contributed by atoms with Crippen molar-refractivity contribution in [2.75, 3.05) is 13.7 Å². The van der Waals surface area contributed by atoms with E-state index in [0.717, 1.165) is 17.6 Å². The van der Waals surface area contributed by atoms with Crippen LogP contribution in [0.1, 0.15) is 18.8 Å². The molecule has 3 atom stereocenters. The van der Waals surface area contributed by atoms with Crippen LogP contribution in [0, 0.1) is 5.92 Å². The summed E-state index contributed by atoms with van der Waals surface area (Å²) in [7, 11) is 1.62. The minimum atomic E-state index is -0.465. The summed E-state index contributed by atoms with van der Waals surface area (Å²) in [5.74, 6) is 0.881. The van der Waals surface area contributed by atoms with Gasteiger partial charge < -0.3 is 19.0 Å². The molecule has 1 fully saturated rings. The van der Waals surface area contributed by atoms with Crippen LogP contribution in [0.3, 0.4) is 0 Å². The van der Waals surface area contributed by atoms with Crippen molar-refractivity contribution in [1.29, 1.82) is 0 Å². The lowest BCUT2D eigenvalue weighted by Gasteiger charge is -2.32. The van der Waals surface area contributed by atoms with E-state index >= 15 is 0 Å². The van der Waals surface area contributed by atoms with Crippen LogP contribution >= 0.6 is 0 Å². The Morgan fingerprint density at radius 2 is 2.06 bits per heavy atom. The van der Waals surface area contributed by atoms with Crippen LogP contribution in [-0.4, -0.2) is 26.1 Å². The first-order valence-electron chi connectivity index (χ1n) is 5.61. The van der Waals surface area contributed by atoms with Crippen molar-refractivity contribution < 1.29 is 19.0 Å². The SMILES string of the molecule is COc1ccc([C@H]2OC[C@H](C)[C@@H](C=O)O2)cc1. The van der Waals surface area contributed by atoms with Gasteiger partial charge in [-0.05, 0) is 12.1 Å². The third-order valence-electron chi connectivity index (χ3n) is 2.87. The highest BCUT2D eigenvalue weighted by Gasteiger charge is 2.29. The first kappa shape index (κ1) is 12.1. The molecule has 4 nitrogen and oxygen atoms in total. The largest absolute Gasteiger partial charge is 0.497 e. The predicted octanol–water partition coefficient (Wildman–Crippen LogP) is 1.94. The molecule has 0 spiro atoms. The number of aldehydes is 1. The number of hydrogen-bond donors (Lipinski definition) is 0. The van der Waals surface area contributed by atoms with E-state index in [0.29, 0.717) is 6.61 Å². The first-order valence-corrected chi connectivity index (χ1v) is 5.61. The van der Waals surface area contributed by atoms with E-state index in [9.17, 15) is 4.79 Å². The molecule has 0 radical (unpaired) electrons. The molecule has 0 bridgehead atoms. The molecule has 0 amide bonds. The highest BCUT2D eigenvalue weighted by atomic mass is 16.7. The molecule has 1 saturated heterocycles. The van der Waals surface area contributed by atoms with Crippen LogP contribution in [0.5, 0.6) is 5.75 Å². The van der Waals surface area contributed by atoms with Gasteiger partial charge in [-0.3, -0.25) is 0 Å². The molecule has 0 unspecified atom stereocenters. The normalized spacial score (nSPS) is 28.7. The standard InChI is InChI=1S/C13H16O4/c1-9-8-16-13(17-12(9)7-14)10-3-5-11(15-2)6-4-10/h3-7,9,12-13H,8H2,1-2H3/t9-,12+,13-/m0/s1. The van der Waals surface area contributed by atoms with E-state index in [1.807, 2.05) is 31.2 Å². The molecule has 0 N–H and O–H groups in total. The van der Waals surface area contributed by atoms with Crippen LogP contribution < -0.4 is 4.74 Å². The summed E-state index contributed by atoms with van der Waals surface area (Å²) in [4.78, 5) is 10.8. The molecule has 1 heterocycles. The van der Waals surface area contributed by atoms with E-state index in [4.69, 9.17) is 14.2 Å². The third-order valence-corrected chi connectivity index (χ3v) is 2.87. The maximum absolute atomic E-state index is 10.8. The summed E-state index contributed by atoms with van der Waals surface area (Å²) in [6.45, 7) is 2.46. The van der Waals surface area contributed by atoms with E-state index in [2.05, 4.69) is 0 Å². The van der Waals surface area contributed by atoms with Crippen LogP contribution in [-0.2, 0) is 14.3 Å². The lowest BCUT2D eigenvalue weighted by molar-refractivity contribution is -0.230. The van der Waals surface area contributed by atoms with Crippen LogP contribution in [0.2, 0.25) is 0 Å². The van der Waals surface area contributed by atoms with Gasteiger partial charge in [0.1, 0.15) is 18.1 Å². The summed E-state index contributed by atoms with van der Waals surface area (Å²) in [6.07, 6.45) is -0.0212. The van der Waals surface area contributed by atoms with Crippen LogP contribution in [0.15, 0.2) is 24.3 Å². The van der Waals surface area contributed by atoms with Gasteiger partial charge in [-0.25, -0.2) is 0 Å².